The number of rotatable bonds is 6. The Labute approximate surface area is 318 Å². The third kappa shape index (κ3) is 5.05. The van der Waals surface area contributed by atoms with Gasteiger partial charge in [-0.05, 0) is 88.1 Å². The maximum atomic E-state index is 6.42. The summed E-state index contributed by atoms with van der Waals surface area (Å²) in [7, 11) is 0. The molecule has 0 radical (unpaired) electrons. The lowest BCUT2D eigenvalue weighted by Crippen LogP contribution is -2.14. The van der Waals surface area contributed by atoms with E-state index in [-0.39, 0.29) is 0 Å². The zero-order chi connectivity index (χ0) is 36.3. The third-order valence-electron chi connectivity index (χ3n) is 11.0. The summed E-state index contributed by atoms with van der Waals surface area (Å²) in [6.45, 7) is 0. The van der Waals surface area contributed by atoms with Gasteiger partial charge in [-0.15, -0.1) is 0 Å². The first-order chi connectivity index (χ1) is 27.3. The molecule has 0 amide bonds. The van der Waals surface area contributed by atoms with Gasteiger partial charge in [0, 0.05) is 32.8 Å². The van der Waals surface area contributed by atoms with Gasteiger partial charge in [-0.2, -0.15) is 0 Å². The lowest BCUT2D eigenvalue weighted by atomic mass is 9.97. The highest BCUT2D eigenvalue weighted by Crippen LogP contribution is 2.46. The Bertz CT molecular complexity index is 3180. The van der Waals surface area contributed by atoms with E-state index in [1.807, 2.05) is 12.1 Å². The van der Waals surface area contributed by atoms with Crippen molar-refractivity contribution >= 4 is 71.6 Å². The van der Waals surface area contributed by atoms with Crippen molar-refractivity contribution in [2.75, 3.05) is 4.90 Å². The van der Waals surface area contributed by atoms with Crippen molar-refractivity contribution in [2.24, 2.45) is 0 Å². The standard InChI is InChI=1S/C52H34N2O/c1-2-19-39-35(15-1)16-14-24-40(39)36-17-13-18-38(33-36)53(46-25-7-3-20-41(46)37-31-32-45-44-23-6-12-30-51(44)55-52(45)34-37)49-28-10-11-29-50(49)54-47-26-8-4-21-42(47)43-22-5-9-27-48(43)54/h1-34H. The van der Waals surface area contributed by atoms with E-state index in [0.717, 1.165) is 61.4 Å². The van der Waals surface area contributed by atoms with Crippen LogP contribution in [0.1, 0.15) is 0 Å². The van der Waals surface area contributed by atoms with E-state index in [1.54, 1.807) is 0 Å². The van der Waals surface area contributed by atoms with Crippen molar-refractivity contribution in [2.45, 2.75) is 0 Å². The summed E-state index contributed by atoms with van der Waals surface area (Å²) in [5.41, 5.74) is 13.0. The van der Waals surface area contributed by atoms with E-state index in [1.165, 1.54) is 38.1 Å². The van der Waals surface area contributed by atoms with Crippen LogP contribution >= 0.6 is 0 Å². The first kappa shape index (κ1) is 31.2. The molecule has 11 rings (SSSR count). The normalized spacial score (nSPS) is 11.6. The molecular weight excluding hydrogens is 669 g/mol. The number of anilines is 3. The highest BCUT2D eigenvalue weighted by molar-refractivity contribution is 6.10. The third-order valence-corrected chi connectivity index (χ3v) is 11.0. The van der Waals surface area contributed by atoms with E-state index in [4.69, 9.17) is 4.42 Å². The van der Waals surface area contributed by atoms with Crippen LogP contribution in [-0.4, -0.2) is 4.57 Å². The molecule has 258 valence electrons. The Hall–Kier alpha value is -7.36. The van der Waals surface area contributed by atoms with Crippen LogP contribution in [0.25, 0.3) is 82.5 Å². The second-order valence-electron chi connectivity index (χ2n) is 14.1. The first-order valence-corrected chi connectivity index (χ1v) is 18.8. The number of fused-ring (bicyclic) bond motifs is 7. The van der Waals surface area contributed by atoms with Gasteiger partial charge >= 0.3 is 0 Å². The number of hydrogen-bond acceptors (Lipinski definition) is 2. The Morgan fingerprint density at radius 3 is 1.78 bits per heavy atom. The molecule has 9 aromatic carbocycles. The summed E-state index contributed by atoms with van der Waals surface area (Å²) in [5.74, 6) is 0. The van der Waals surface area contributed by atoms with Crippen molar-refractivity contribution in [3.8, 4) is 27.9 Å². The fourth-order valence-electron chi connectivity index (χ4n) is 8.53. The molecule has 0 unspecified atom stereocenters. The van der Waals surface area contributed by atoms with Gasteiger partial charge in [0.25, 0.3) is 0 Å². The minimum Gasteiger partial charge on any atom is -0.456 e. The minimum absolute atomic E-state index is 0.878. The molecule has 0 aliphatic carbocycles. The molecule has 0 bridgehead atoms. The number of benzene rings is 9. The first-order valence-electron chi connectivity index (χ1n) is 18.8. The van der Waals surface area contributed by atoms with Crippen molar-refractivity contribution in [3.63, 3.8) is 0 Å². The Kier molecular flexibility index (Phi) is 7.17. The molecule has 0 fully saturated rings. The second kappa shape index (κ2) is 12.6. The lowest BCUT2D eigenvalue weighted by molar-refractivity contribution is 0.669. The van der Waals surface area contributed by atoms with E-state index in [0.29, 0.717) is 0 Å². The summed E-state index contributed by atoms with van der Waals surface area (Å²) in [6, 6.07) is 74.1. The van der Waals surface area contributed by atoms with Crippen LogP contribution < -0.4 is 4.90 Å². The molecule has 0 aliphatic heterocycles. The molecule has 0 saturated carbocycles. The molecule has 0 saturated heterocycles. The SMILES string of the molecule is c1cc(-c2cccc3ccccc23)cc(N(c2ccccc2-c2ccc3c(c2)oc2ccccc23)c2ccccc2-n2c3ccccc3c3ccccc32)c1. The largest absolute Gasteiger partial charge is 0.456 e. The van der Waals surface area contributed by atoms with Gasteiger partial charge in [-0.25, -0.2) is 0 Å². The van der Waals surface area contributed by atoms with Gasteiger partial charge in [0.1, 0.15) is 11.2 Å². The molecule has 2 aromatic heterocycles. The second-order valence-corrected chi connectivity index (χ2v) is 14.1. The van der Waals surface area contributed by atoms with Gasteiger partial charge in [-0.3, -0.25) is 0 Å². The monoisotopic (exact) mass is 702 g/mol. The Morgan fingerprint density at radius 2 is 0.945 bits per heavy atom. The fourth-order valence-corrected chi connectivity index (χ4v) is 8.53. The highest BCUT2D eigenvalue weighted by atomic mass is 16.3. The molecule has 55 heavy (non-hydrogen) atoms. The molecule has 0 atom stereocenters. The van der Waals surface area contributed by atoms with Crippen molar-refractivity contribution in [3.05, 3.63) is 206 Å². The summed E-state index contributed by atoms with van der Waals surface area (Å²) in [5, 5.41) is 7.18. The number of nitrogens with zero attached hydrogens (tertiary/aromatic N) is 2. The molecule has 0 aliphatic rings. The smallest absolute Gasteiger partial charge is 0.136 e. The maximum Gasteiger partial charge on any atom is 0.136 e. The number of para-hydroxylation sites is 6. The Morgan fingerprint density at radius 1 is 0.364 bits per heavy atom. The summed E-state index contributed by atoms with van der Waals surface area (Å²) in [6.07, 6.45) is 0. The molecular formula is C52H34N2O. The molecule has 2 heterocycles. The van der Waals surface area contributed by atoms with Crippen molar-refractivity contribution < 1.29 is 4.42 Å². The zero-order valence-corrected chi connectivity index (χ0v) is 29.9. The van der Waals surface area contributed by atoms with Gasteiger partial charge < -0.3 is 13.9 Å². The lowest BCUT2D eigenvalue weighted by Gasteiger charge is -2.30. The molecule has 11 aromatic rings. The summed E-state index contributed by atoms with van der Waals surface area (Å²) >= 11 is 0. The fraction of sp³-hybridized carbons (Fsp3) is 0. The number of aromatic nitrogens is 1. The molecule has 0 spiro atoms. The van der Waals surface area contributed by atoms with Crippen LogP contribution in [-0.2, 0) is 0 Å². The summed E-state index contributed by atoms with van der Waals surface area (Å²) in [4.78, 5) is 2.44. The average Bonchev–Trinajstić information content (AvgIpc) is 3.79. The van der Waals surface area contributed by atoms with Crippen LogP contribution in [0.2, 0.25) is 0 Å². The van der Waals surface area contributed by atoms with Gasteiger partial charge in [0.15, 0.2) is 0 Å². The van der Waals surface area contributed by atoms with Crippen molar-refractivity contribution in [1.29, 1.82) is 0 Å². The summed E-state index contributed by atoms with van der Waals surface area (Å²) < 4.78 is 8.84. The topological polar surface area (TPSA) is 21.3 Å². The average molecular weight is 703 g/mol. The predicted molar refractivity (Wildman–Crippen MR) is 231 cm³/mol. The van der Waals surface area contributed by atoms with Crippen LogP contribution in [0, 0.1) is 0 Å². The van der Waals surface area contributed by atoms with Crippen LogP contribution in [0.3, 0.4) is 0 Å². The van der Waals surface area contributed by atoms with Gasteiger partial charge in [-0.1, -0.05) is 146 Å². The molecule has 0 N–H and O–H groups in total. The van der Waals surface area contributed by atoms with Crippen LogP contribution in [0.15, 0.2) is 211 Å². The van der Waals surface area contributed by atoms with Gasteiger partial charge in [0.2, 0.25) is 0 Å². The predicted octanol–water partition coefficient (Wildman–Crippen LogP) is 14.6. The van der Waals surface area contributed by atoms with E-state index in [9.17, 15) is 0 Å². The van der Waals surface area contributed by atoms with Crippen molar-refractivity contribution in [1.82, 2.24) is 4.57 Å². The maximum absolute atomic E-state index is 6.42. The van der Waals surface area contributed by atoms with E-state index >= 15 is 0 Å². The van der Waals surface area contributed by atoms with E-state index in [2.05, 4.69) is 204 Å². The Balaban J connectivity index is 1.18. The quantitative estimate of drug-likeness (QED) is 0.172. The molecule has 3 heteroatoms. The molecule has 3 nitrogen and oxygen atoms in total. The van der Waals surface area contributed by atoms with Crippen LogP contribution in [0.4, 0.5) is 17.1 Å². The van der Waals surface area contributed by atoms with Crippen LogP contribution in [0.5, 0.6) is 0 Å². The highest BCUT2D eigenvalue weighted by Gasteiger charge is 2.23. The van der Waals surface area contributed by atoms with Gasteiger partial charge in [0.05, 0.1) is 28.1 Å². The van der Waals surface area contributed by atoms with E-state index < -0.39 is 0 Å². The minimum atomic E-state index is 0.878. The number of furan rings is 1. The number of hydrogen-bond donors (Lipinski definition) is 0. The zero-order valence-electron chi connectivity index (χ0n) is 29.9.